The fourth-order valence-corrected chi connectivity index (χ4v) is 1.98. The first kappa shape index (κ1) is 14.1. The summed E-state index contributed by atoms with van der Waals surface area (Å²) in [5, 5.41) is 14.1. The first-order valence-corrected chi connectivity index (χ1v) is 6.24. The highest BCUT2D eigenvalue weighted by Crippen LogP contribution is 2.18. The van der Waals surface area contributed by atoms with Crippen LogP contribution in [0.4, 0.5) is 0 Å². The smallest absolute Gasteiger partial charge is 0.348 e. The molecular formula is C14H13ClN2O3. The summed E-state index contributed by atoms with van der Waals surface area (Å²) in [7, 11) is 0. The van der Waals surface area contributed by atoms with Gasteiger partial charge in [-0.25, -0.2) is 4.79 Å². The van der Waals surface area contributed by atoms with Crippen LogP contribution in [-0.2, 0) is 6.42 Å². The van der Waals surface area contributed by atoms with Gasteiger partial charge in [-0.3, -0.25) is 0 Å². The summed E-state index contributed by atoms with van der Waals surface area (Å²) in [4.78, 5) is 11.8. The average molecular weight is 293 g/mol. The fraction of sp³-hybridized carbons (Fsp3) is 0.143. The molecule has 0 saturated carbocycles. The van der Waals surface area contributed by atoms with Crippen LogP contribution in [0.15, 0.2) is 44.6 Å². The number of hydrazone groups is 1. The molecule has 1 aromatic carbocycles. The molecule has 3 N–H and O–H groups in total. The lowest BCUT2D eigenvalue weighted by molar-refractivity contribution is 0.432. The Morgan fingerprint density at radius 2 is 2.05 bits per heavy atom. The summed E-state index contributed by atoms with van der Waals surface area (Å²) in [5.74, 6) is 5.45. The van der Waals surface area contributed by atoms with E-state index in [1.54, 1.807) is 31.2 Å². The van der Waals surface area contributed by atoms with Crippen LogP contribution in [0.3, 0.4) is 0 Å². The van der Waals surface area contributed by atoms with E-state index < -0.39 is 5.63 Å². The summed E-state index contributed by atoms with van der Waals surface area (Å²) >= 11 is 5.81. The van der Waals surface area contributed by atoms with Gasteiger partial charge in [-0.15, -0.1) is 0 Å². The van der Waals surface area contributed by atoms with Crippen molar-refractivity contribution in [2.45, 2.75) is 13.3 Å². The molecule has 0 fully saturated rings. The predicted molar refractivity (Wildman–Crippen MR) is 77.3 cm³/mol. The molecule has 2 rings (SSSR count). The van der Waals surface area contributed by atoms with Gasteiger partial charge in [-0.05, 0) is 24.6 Å². The quantitative estimate of drug-likeness (QED) is 0.516. The second-order valence-corrected chi connectivity index (χ2v) is 4.72. The van der Waals surface area contributed by atoms with Crippen molar-refractivity contribution in [2.75, 3.05) is 0 Å². The molecule has 0 aliphatic carbocycles. The second kappa shape index (κ2) is 5.79. The third kappa shape index (κ3) is 3.00. The number of aryl methyl sites for hydroxylation is 1. The van der Waals surface area contributed by atoms with Gasteiger partial charge < -0.3 is 15.4 Å². The van der Waals surface area contributed by atoms with E-state index in [0.29, 0.717) is 10.8 Å². The Morgan fingerprint density at radius 1 is 1.40 bits per heavy atom. The molecular weight excluding hydrogens is 280 g/mol. The van der Waals surface area contributed by atoms with Crippen LogP contribution in [0.2, 0.25) is 5.02 Å². The minimum Gasteiger partial charge on any atom is -0.507 e. The standard InChI is InChI=1S/C14H13ClN2O3/c1-8-6-12(18)13(14(19)20-8)11(17-16)7-9-2-4-10(15)5-3-9/h2-6,18H,7,16H2,1H3/b17-11-. The van der Waals surface area contributed by atoms with Gasteiger partial charge in [0.2, 0.25) is 0 Å². The van der Waals surface area contributed by atoms with Crippen LogP contribution in [0.25, 0.3) is 0 Å². The van der Waals surface area contributed by atoms with Gasteiger partial charge >= 0.3 is 5.63 Å². The number of hydrogen-bond acceptors (Lipinski definition) is 5. The third-order valence-corrected chi connectivity index (χ3v) is 3.04. The summed E-state index contributed by atoms with van der Waals surface area (Å²) in [5.41, 5.74) is 0.422. The molecule has 104 valence electrons. The molecule has 0 aliphatic heterocycles. The summed E-state index contributed by atoms with van der Waals surface area (Å²) in [6.07, 6.45) is 0.287. The summed E-state index contributed by atoms with van der Waals surface area (Å²) in [6.45, 7) is 1.57. The lowest BCUT2D eigenvalue weighted by Crippen LogP contribution is -2.19. The molecule has 5 nitrogen and oxygen atoms in total. The molecule has 0 radical (unpaired) electrons. The summed E-state index contributed by atoms with van der Waals surface area (Å²) in [6, 6.07) is 8.38. The molecule has 0 aliphatic rings. The molecule has 0 saturated heterocycles. The SMILES string of the molecule is Cc1cc(O)c(/C(Cc2ccc(Cl)cc2)=N\N)c(=O)o1. The monoisotopic (exact) mass is 292 g/mol. The van der Waals surface area contributed by atoms with Crippen molar-refractivity contribution < 1.29 is 9.52 Å². The van der Waals surface area contributed by atoms with Crippen LogP contribution in [0, 0.1) is 6.92 Å². The minimum absolute atomic E-state index is 0.0203. The van der Waals surface area contributed by atoms with Crippen molar-refractivity contribution in [2.24, 2.45) is 10.9 Å². The van der Waals surface area contributed by atoms with E-state index in [1.807, 2.05) is 0 Å². The molecule has 1 aromatic heterocycles. The zero-order valence-electron chi connectivity index (χ0n) is 10.8. The molecule has 0 bridgehead atoms. The zero-order chi connectivity index (χ0) is 14.7. The summed E-state index contributed by atoms with van der Waals surface area (Å²) < 4.78 is 4.96. The number of hydrogen-bond donors (Lipinski definition) is 2. The van der Waals surface area contributed by atoms with Crippen molar-refractivity contribution >= 4 is 17.3 Å². The first-order valence-electron chi connectivity index (χ1n) is 5.86. The van der Waals surface area contributed by atoms with Crippen LogP contribution in [-0.4, -0.2) is 10.8 Å². The maximum atomic E-state index is 11.8. The fourth-order valence-electron chi connectivity index (χ4n) is 1.86. The molecule has 2 aromatic rings. The number of halogens is 1. The Balaban J connectivity index is 2.39. The van der Waals surface area contributed by atoms with Gasteiger partial charge in [0.25, 0.3) is 0 Å². The van der Waals surface area contributed by atoms with E-state index in [0.717, 1.165) is 5.56 Å². The average Bonchev–Trinajstić information content (AvgIpc) is 2.38. The highest BCUT2D eigenvalue weighted by molar-refractivity contribution is 6.30. The first-order chi connectivity index (χ1) is 9.51. The zero-order valence-corrected chi connectivity index (χ0v) is 11.5. The molecule has 1 heterocycles. The molecule has 0 amide bonds. The number of nitrogens with two attached hydrogens (primary N) is 1. The number of rotatable bonds is 3. The number of nitrogens with zero attached hydrogens (tertiary/aromatic N) is 1. The van der Waals surface area contributed by atoms with E-state index in [9.17, 15) is 9.90 Å². The normalized spacial score (nSPS) is 11.6. The second-order valence-electron chi connectivity index (χ2n) is 4.28. The van der Waals surface area contributed by atoms with Crippen LogP contribution in [0.5, 0.6) is 5.75 Å². The Kier molecular flexibility index (Phi) is 4.10. The lowest BCUT2D eigenvalue weighted by Gasteiger charge is -2.07. The van der Waals surface area contributed by atoms with Crippen LogP contribution in [0.1, 0.15) is 16.9 Å². The number of aromatic hydroxyl groups is 1. The van der Waals surface area contributed by atoms with E-state index in [4.69, 9.17) is 21.9 Å². The van der Waals surface area contributed by atoms with E-state index >= 15 is 0 Å². The third-order valence-electron chi connectivity index (χ3n) is 2.78. The van der Waals surface area contributed by atoms with Crippen molar-refractivity contribution in [3.8, 4) is 5.75 Å². The van der Waals surface area contributed by atoms with Crippen molar-refractivity contribution in [3.05, 3.63) is 62.7 Å². The van der Waals surface area contributed by atoms with E-state index in [1.165, 1.54) is 6.07 Å². The molecule has 6 heteroatoms. The van der Waals surface area contributed by atoms with E-state index in [-0.39, 0.29) is 23.4 Å². The topological polar surface area (TPSA) is 88.8 Å². The molecule has 0 atom stereocenters. The van der Waals surface area contributed by atoms with Crippen molar-refractivity contribution in [1.82, 2.24) is 0 Å². The molecule has 20 heavy (non-hydrogen) atoms. The van der Waals surface area contributed by atoms with Gasteiger partial charge in [0.05, 0.1) is 5.71 Å². The van der Waals surface area contributed by atoms with Gasteiger partial charge in [0.1, 0.15) is 17.1 Å². The van der Waals surface area contributed by atoms with Crippen molar-refractivity contribution in [3.63, 3.8) is 0 Å². The minimum atomic E-state index is -0.666. The highest BCUT2D eigenvalue weighted by atomic mass is 35.5. The maximum Gasteiger partial charge on any atom is 0.348 e. The predicted octanol–water partition coefficient (Wildman–Crippen LogP) is 2.21. The Morgan fingerprint density at radius 3 is 2.60 bits per heavy atom. The number of benzene rings is 1. The van der Waals surface area contributed by atoms with Gasteiger partial charge in [-0.1, -0.05) is 23.7 Å². The highest BCUT2D eigenvalue weighted by Gasteiger charge is 2.16. The lowest BCUT2D eigenvalue weighted by atomic mass is 10.0. The van der Waals surface area contributed by atoms with Gasteiger partial charge in [-0.2, -0.15) is 5.10 Å². The van der Waals surface area contributed by atoms with Crippen molar-refractivity contribution in [1.29, 1.82) is 0 Å². The molecule has 0 spiro atoms. The Hall–Kier alpha value is -2.27. The molecule has 0 unspecified atom stereocenters. The van der Waals surface area contributed by atoms with Crippen LogP contribution >= 0.6 is 11.6 Å². The largest absolute Gasteiger partial charge is 0.507 e. The van der Waals surface area contributed by atoms with Crippen LogP contribution < -0.4 is 11.5 Å². The maximum absolute atomic E-state index is 11.8. The van der Waals surface area contributed by atoms with Gasteiger partial charge in [0, 0.05) is 17.5 Å². The van der Waals surface area contributed by atoms with E-state index in [2.05, 4.69) is 5.10 Å². The Bertz CT molecular complexity index is 705. The van der Waals surface area contributed by atoms with Gasteiger partial charge in [0.15, 0.2) is 0 Å². The Labute approximate surface area is 120 Å².